The van der Waals surface area contributed by atoms with Gasteiger partial charge >= 0.3 is 0 Å². The fraction of sp³-hybridized carbons (Fsp3) is 0.286. The second kappa shape index (κ2) is 8.12. The summed E-state index contributed by atoms with van der Waals surface area (Å²) >= 11 is 0. The Morgan fingerprint density at radius 3 is 2.57 bits per heavy atom. The van der Waals surface area contributed by atoms with Crippen molar-refractivity contribution in [1.29, 1.82) is 0 Å². The SMILES string of the molecule is CCCC1N=C(C)N(CC(=O)c2ccc([N+](=O)[O-])cc2-c2ccccc2)C1=O. The van der Waals surface area contributed by atoms with Crippen molar-refractivity contribution in [1.82, 2.24) is 4.90 Å². The smallest absolute Gasteiger partial charge is 0.270 e. The maximum atomic E-state index is 13.0. The Bertz CT molecular complexity index is 953. The highest BCUT2D eigenvalue weighted by atomic mass is 16.6. The molecule has 0 saturated carbocycles. The van der Waals surface area contributed by atoms with E-state index in [2.05, 4.69) is 4.99 Å². The predicted molar refractivity (Wildman–Crippen MR) is 106 cm³/mol. The van der Waals surface area contributed by atoms with Gasteiger partial charge in [0.25, 0.3) is 11.6 Å². The molecule has 1 amide bonds. The van der Waals surface area contributed by atoms with Crippen LogP contribution in [-0.4, -0.2) is 39.9 Å². The van der Waals surface area contributed by atoms with E-state index >= 15 is 0 Å². The molecule has 28 heavy (non-hydrogen) atoms. The molecule has 144 valence electrons. The number of ketones is 1. The second-order valence-corrected chi connectivity index (χ2v) is 6.68. The van der Waals surface area contributed by atoms with Crippen LogP contribution in [0, 0.1) is 10.1 Å². The monoisotopic (exact) mass is 379 g/mol. The van der Waals surface area contributed by atoms with E-state index in [1.54, 1.807) is 31.2 Å². The summed E-state index contributed by atoms with van der Waals surface area (Å²) in [5, 5.41) is 11.2. The Kier molecular flexibility index (Phi) is 5.63. The van der Waals surface area contributed by atoms with Gasteiger partial charge < -0.3 is 0 Å². The van der Waals surface area contributed by atoms with E-state index < -0.39 is 11.0 Å². The molecule has 2 aromatic rings. The first kappa shape index (κ1) is 19.4. The van der Waals surface area contributed by atoms with Crippen LogP contribution in [0.2, 0.25) is 0 Å². The topological polar surface area (TPSA) is 92.9 Å². The van der Waals surface area contributed by atoms with Crippen molar-refractivity contribution in [3.05, 3.63) is 64.2 Å². The van der Waals surface area contributed by atoms with Gasteiger partial charge in [0.05, 0.1) is 11.5 Å². The van der Waals surface area contributed by atoms with E-state index in [9.17, 15) is 19.7 Å². The van der Waals surface area contributed by atoms with Crippen LogP contribution in [0.4, 0.5) is 5.69 Å². The average molecular weight is 379 g/mol. The van der Waals surface area contributed by atoms with Gasteiger partial charge in [-0.2, -0.15) is 0 Å². The summed E-state index contributed by atoms with van der Waals surface area (Å²) in [7, 11) is 0. The predicted octanol–water partition coefficient (Wildman–Crippen LogP) is 3.87. The number of nitro groups is 1. The van der Waals surface area contributed by atoms with E-state index in [-0.39, 0.29) is 23.9 Å². The molecule has 2 aromatic carbocycles. The van der Waals surface area contributed by atoms with Crippen LogP contribution < -0.4 is 0 Å². The first-order valence-electron chi connectivity index (χ1n) is 9.15. The van der Waals surface area contributed by atoms with E-state index in [0.29, 0.717) is 28.9 Å². The lowest BCUT2D eigenvalue weighted by Crippen LogP contribution is -2.38. The van der Waals surface area contributed by atoms with Crippen molar-refractivity contribution in [3.8, 4) is 11.1 Å². The Labute approximate surface area is 162 Å². The molecule has 1 unspecified atom stereocenters. The number of aliphatic imine (C=N–C) groups is 1. The van der Waals surface area contributed by atoms with Gasteiger partial charge in [0.2, 0.25) is 0 Å². The number of amides is 1. The number of nitrogens with zero attached hydrogens (tertiary/aromatic N) is 3. The number of Topliss-reactive ketones (excluding diaryl/α,β-unsaturated/α-hetero) is 1. The third-order valence-electron chi connectivity index (χ3n) is 4.75. The number of rotatable bonds is 7. The quantitative estimate of drug-likeness (QED) is 0.415. The Morgan fingerprint density at radius 1 is 1.21 bits per heavy atom. The molecule has 7 heteroatoms. The minimum atomic E-state index is -0.489. The lowest BCUT2D eigenvalue weighted by Gasteiger charge is -2.17. The van der Waals surface area contributed by atoms with Crippen LogP contribution in [0.5, 0.6) is 0 Å². The molecule has 7 nitrogen and oxygen atoms in total. The number of hydrogen-bond acceptors (Lipinski definition) is 5. The van der Waals surface area contributed by atoms with Crippen LogP contribution in [-0.2, 0) is 4.79 Å². The molecule has 0 bridgehead atoms. The highest BCUT2D eigenvalue weighted by Crippen LogP contribution is 2.29. The number of carbonyl (C=O) groups is 2. The molecular weight excluding hydrogens is 358 g/mol. The molecule has 0 saturated heterocycles. The van der Waals surface area contributed by atoms with Crippen LogP contribution >= 0.6 is 0 Å². The van der Waals surface area contributed by atoms with Crippen molar-refractivity contribution in [2.24, 2.45) is 4.99 Å². The lowest BCUT2D eigenvalue weighted by molar-refractivity contribution is -0.384. The fourth-order valence-electron chi connectivity index (χ4n) is 3.32. The number of carbonyl (C=O) groups excluding carboxylic acids is 2. The lowest BCUT2D eigenvalue weighted by atomic mass is 9.96. The molecule has 0 aliphatic carbocycles. The minimum Gasteiger partial charge on any atom is -0.292 e. The highest BCUT2D eigenvalue weighted by Gasteiger charge is 2.33. The Morgan fingerprint density at radius 2 is 1.93 bits per heavy atom. The molecule has 3 rings (SSSR count). The standard InChI is InChI=1S/C21H21N3O4/c1-3-7-19-21(26)23(14(2)22-19)13-20(25)17-11-10-16(24(27)28)12-18(17)15-8-5-4-6-9-15/h4-6,8-12,19H,3,7,13H2,1-2H3. The zero-order valence-electron chi connectivity index (χ0n) is 15.8. The van der Waals surface area contributed by atoms with Crippen molar-refractivity contribution in [3.63, 3.8) is 0 Å². The summed E-state index contributed by atoms with van der Waals surface area (Å²) in [5.74, 6) is 0.0737. The third kappa shape index (κ3) is 3.83. The van der Waals surface area contributed by atoms with Crippen LogP contribution in [0.3, 0.4) is 0 Å². The van der Waals surface area contributed by atoms with Gasteiger partial charge in [-0.15, -0.1) is 0 Å². The zero-order chi connectivity index (χ0) is 20.3. The molecule has 1 aliphatic rings. The molecule has 1 heterocycles. The van der Waals surface area contributed by atoms with Gasteiger partial charge in [-0.05, 0) is 30.5 Å². The van der Waals surface area contributed by atoms with Crippen LogP contribution in [0.15, 0.2) is 53.5 Å². The summed E-state index contributed by atoms with van der Waals surface area (Å²) in [5.41, 5.74) is 1.44. The van der Waals surface area contributed by atoms with Gasteiger partial charge in [-0.3, -0.25) is 29.6 Å². The normalized spacial score (nSPS) is 16.2. The second-order valence-electron chi connectivity index (χ2n) is 6.68. The molecule has 1 aliphatic heterocycles. The van der Waals surface area contributed by atoms with Gasteiger partial charge in [0, 0.05) is 17.7 Å². The number of hydrogen-bond donors (Lipinski definition) is 0. The van der Waals surface area contributed by atoms with E-state index in [4.69, 9.17) is 0 Å². The molecule has 0 spiro atoms. The summed E-state index contributed by atoms with van der Waals surface area (Å²) in [6.45, 7) is 3.57. The van der Waals surface area contributed by atoms with Gasteiger partial charge in [-0.1, -0.05) is 43.7 Å². The molecule has 0 radical (unpaired) electrons. The van der Waals surface area contributed by atoms with Gasteiger partial charge in [0.15, 0.2) is 5.78 Å². The van der Waals surface area contributed by atoms with Crippen molar-refractivity contribution < 1.29 is 14.5 Å². The van der Waals surface area contributed by atoms with Gasteiger partial charge in [0.1, 0.15) is 11.9 Å². The van der Waals surface area contributed by atoms with Crippen molar-refractivity contribution in [2.75, 3.05) is 6.54 Å². The number of amidine groups is 1. The number of benzene rings is 2. The molecule has 0 aromatic heterocycles. The van der Waals surface area contributed by atoms with E-state index in [1.807, 2.05) is 13.0 Å². The number of non-ortho nitro benzene ring substituents is 1. The summed E-state index contributed by atoms with van der Waals surface area (Å²) < 4.78 is 0. The fourth-order valence-corrected chi connectivity index (χ4v) is 3.32. The summed E-state index contributed by atoms with van der Waals surface area (Å²) in [4.78, 5) is 42.0. The first-order valence-corrected chi connectivity index (χ1v) is 9.15. The maximum Gasteiger partial charge on any atom is 0.270 e. The zero-order valence-corrected chi connectivity index (χ0v) is 15.8. The maximum absolute atomic E-state index is 13.0. The average Bonchev–Trinajstić information content (AvgIpc) is 2.96. The van der Waals surface area contributed by atoms with Crippen molar-refractivity contribution in [2.45, 2.75) is 32.7 Å². The molecular formula is C21H21N3O4. The molecule has 0 N–H and O–H groups in total. The molecule has 0 fully saturated rings. The highest BCUT2D eigenvalue weighted by molar-refractivity contribution is 6.11. The van der Waals surface area contributed by atoms with Gasteiger partial charge in [-0.25, -0.2) is 0 Å². The summed E-state index contributed by atoms with van der Waals surface area (Å²) in [6.07, 6.45) is 1.48. The van der Waals surface area contributed by atoms with Crippen molar-refractivity contribution >= 4 is 23.2 Å². The largest absolute Gasteiger partial charge is 0.292 e. The minimum absolute atomic E-state index is 0.0894. The Balaban J connectivity index is 1.93. The molecule has 1 atom stereocenters. The number of nitro benzene ring substituents is 1. The third-order valence-corrected chi connectivity index (χ3v) is 4.75. The Hall–Kier alpha value is -3.35. The van der Waals surface area contributed by atoms with E-state index in [1.165, 1.54) is 23.1 Å². The first-order chi connectivity index (χ1) is 13.4. The van der Waals surface area contributed by atoms with Crippen LogP contribution in [0.1, 0.15) is 37.0 Å². The summed E-state index contributed by atoms with van der Waals surface area (Å²) in [6, 6.07) is 12.8. The van der Waals surface area contributed by atoms with Crippen LogP contribution in [0.25, 0.3) is 11.1 Å². The van der Waals surface area contributed by atoms with E-state index in [0.717, 1.165) is 6.42 Å².